The first-order chi connectivity index (χ1) is 11.9. The Labute approximate surface area is 147 Å². The van der Waals surface area contributed by atoms with Crippen molar-refractivity contribution >= 4 is 15.9 Å². The topological polar surface area (TPSA) is 79.4 Å². The van der Waals surface area contributed by atoms with Gasteiger partial charge in [0.1, 0.15) is 6.04 Å². The van der Waals surface area contributed by atoms with Gasteiger partial charge in [0.25, 0.3) is 0 Å². The van der Waals surface area contributed by atoms with Crippen LogP contribution in [0.2, 0.25) is 0 Å². The van der Waals surface area contributed by atoms with Crippen molar-refractivity contribution in [2.24, 2.45) is 0 Å². The van der Waals surface area contributed by atoms with E-state index in [9.17, 15) is 13.2 Å². The highest BCUT2D eigenvalue weighted by Gasteiger charge is 2.36. The van der Waals surface area contributed by atoms with Crippen molar-refractivity contribution in [3.05, 3.63) is 65.5 Å². The first-order valence-electron chi connectivity index (χ1n) is 8.16. The standard InChI is InChI=1S/C18H21N3O3S/c1-25(23,24)21-13-15-7-3-2-6-14(15)12-17(21)18(22)20-11-9-16-8-4-5-10-19-16/h2-8,10,17H,9,11-13H2,1H3,(H,20,22)/t17-/m1/s1. The van der Waals surface area contributed by atoms with Crippen molar-refractivity contribution in [2.75, 3.05) is 12.8 Å². The largest absolute Gasteiger partial charge is 0.354 e. The van der Waals surface area contributed by atoms with Crippen LogP contribution < -0.4 is 5.32 Å². The number of carbonyl (C=O) groups is 1. The Morgan fingerprint density at radius 2 is 1.92 bits per heavy atom. The molecule has 1 atom stereocenters. The monoisotopic (exact) mass is 359 g/mol. The number of hydrogen-bond donors (Lipinski definition) is 1. The number of pyridine rings is 1. The van der Waals surface area contributed by atoms with E-state index in [1.54, 1.807) is 6.20 Å². The Balaban J connectivity index is 1.71. The highest BCUT2D eigenvalue weighted by Crippen LogP contribution is 2.25. The molecule has 0 radical (unpaired) electrons. The Hall–Kier alpha value is -2.25. The molecule has 3 rings (SSSR count). The molecule has 2 aromatic rings. The number of nitrogens with zero attached hydrogens (tertiary/aromatic N) is 2. The van der Waals surface area contributed by atoms with Gasteiger partial charge in [0.15, 0.2) is 0 Å². The molecule has 0 bridgehead atoms. The third kappa shape index (κ3) is 4.24. The van der Waals surface area contributed by atoms with Gasteiger partial charge in [-0.3, -0.25) is 9.78 Å². The van der Waals surface area contributed by atoms with E-state index in [0.29, 0.717) is 19.4 Å². The second-order valence-electron chi connectivity index (χ2n) is 6.16. The third-order valence-electron chi connectivity index (χ3n) is 4.34. The predicted octanol–water partition coefficient (Wildman–Crippen LogP) is 1.13. The van der Waals surface area contributed by atoms with E-state index < -0.39 is 16.1 Å². The summed E-state index contributed by atoms with van der Waals surface area (Å²) in [6.07, 6.45) is 3.85. The fraction of sp³-hybridized carbons (Fsp3) is 0.333. The first-order valence-corrected chi connectivity index (χ1v) is 10.0. The van der Waals surface area contributed by atoms with Crippen molar-refractivity contribution in [1.82, 2.24) is 14.6 Å². The molecule has 1 aliphatic heterocycles. The van der Waals surface area contributed by atoms with E-state index in [1.165, 1.54) is 4.31 Å². The van der Waals surface area contributed by atoms with E-state index >= 15 is 0 Å². The van der Waals surface area contributed by atoms with Gasteiger partial charge in [0.2, 0.25) is 15.9 Å². The number of fused-ring (bicyclic) bond motifs is 1. The number of hydrogen-bond acceptors (Lipinski definition) is 4. The summed E-state index contributed by atoms with van der Waals surface area (Å²) >= 11 is 0. The third-order valence-corrected chi connectivity index (χ3v) is 5.58. The number of sulfonamides is 1. The molecule has 1 aromatic heterocycles. The first kappa shape index (κ1) is 17.6. The van der Waals surface area contributed by atoms with Crippen LogP contribution in [0.25, 0.3) is 0 Å². The maximum atomic E-state index is 12.6. The van der Waals surface area contributed by atoms with Crippen LogP contribution in [0.4, 0.5) is 0 Å². The number of nitrogens with one attached hydrogen (secondary N) is 1. The van der Waals surface area contributed by atoms with Crippen molar-refractivity contribution in [3.8, 4) is 0 Å². The summed E-state index contributed by atoms with van der Waals surface area (Å²) in [6.45, 7) is 0.652. The Kier molecular flexibility index (Phi) is 5.15. The second kappa shape index (κ2) is 7.33. The van der Waals surface area contributed by atoms with Gasteiger partial charge in [-0.05, 0) is 29.7 Å². The number of amides is 1. The SMILES string of the molecule is CS(=O)(=O)N1Cc2ccccc2C[C@@H]1C(=O)NCCc1ccccn1. The molecule has 7 heteroatoms. The molecule has 2 heterocycles. The van der Waals surface area contributed by atoms with Gasteiger partial charge in [0.05, 0.1) is 6.26 Å². The highest BCUT2D eigenvalue weighted by atomic mass is 32.2. The molecule has 0 fully saturated rings. The molecule has 6 nitrogen and oxygen atoms in total. The summed E-state index contributed by atoms with van der Waals surface area (Å²) < 4.78 is 25.6. The average molecular weight is 359 g/mol. The maximum absolute atomic E-state index is 12.6. The maximum Gasteiger partial charge on any atom is 0.238 e. The van der Waals surface area contributed by atoms with Crippen LogP contribution in [0.1, 0.15) is 16.8 Å². The van der Waals surface area contributed by atoms with Crippen LogP contribution in [-0.2, 0) is 34.2 Å². The summed E-state index contributed by atoms with van der Waals surface area (Å²) in [6, 6.07) is 12.6. The van der Waals surface area contributed by atoms with Crippen LogP contribution >= 0.6 is 0 Å². The predicted molar refractivity (Wildman–Crippen MR) is 95.3 cm³/mol. The number of benzene rings is 1. The smallest absolute Gasteiger partial charge is 0.238 e. The minimum atomic E-state index is -3.48. The molecule has 1 aromatic carbocycles. The van der Waals surface area contributed by atoms with Crippen molar-refractivity contribution in [2.45, 2.75) is 25.4 Å². The summed E-state index contributed by atoms with van der Waals surface area (Å²) in [5, 5.41) is 2.85. The lowest BCUT2D eigenvalue weighted by molar-refractivity contribution is -0.125. The second-order valence-corrected chi connectivity index (χ2v) is 8.09. The molecule has 0 unspecified atom stereocenters. The van der Waals surface area contributed by atoms with Gasteiger partial charge in [-0.1, -0.05) is 30.3 Å². The van der Waals surface area contributed by atoms with Crippen LogP contribution in [0.3, 0.4) is 0 Å². The lowest BCUT2D eigenvalue weighted by Gasteiger charge is -2.34. The zero-order valence-electron chi connectivity index (χ0n) is 14.1. The van der Waals surface area contributed by atoms with E-state index in [1.807, 2.05) is 42.5 Å². The van der Waals surface area contributed by atoms with Gasteiger partial charge in [-0.2, -0.15) is 4.31 Å². The number of rotatable bonds is 5. The molecule has 132 valence electrons. The van der Waals surface area contributed by atoms with Gasteiger partial charge in [0, 0.05) is 31.4 Å². The fourth-order valence-electron chi connectivity index (χ4n) is 3.05. The van der Waals surface area contributed by atoms with E-state index in [4.69, 9.17) is 0 Å². The fourth-order valence-corrected chi connectivity index (χ4v) is 4.05. The van der Waals surface area contributed by atoms with E-state index in [0.717, 1.165) is 23.1 Å². The molecule has 1 N–H and O–H groups in total. The van der Waals surface area contributed by atoms with Gasteiger partial charge in [-0.25, -0.2) is 8.42 Å². The number of carbonyl (C=O) groups excluding carboxylic acids is 1. The van der Waals surface area contributed by atoms with Crippen LogP contribution in [0.15, 0.2) is 48.7 Å². The van der Waals surface area contributed by atoms with Gasteiger partial charge in [-0.15, -0.1) is 0 Å². The molecule has 1 aliphatic rings. The minimum absolute atomic E-state index is 0.229. The zero-order chi connectivity index (χ0) is 17.9. The molecule has 0 saturated carbocycles. The Morgan fingerprint density at radius 1 is 1.20 bits per heavy atom. The lowest BCUT2D eigenvalue weighted by Crippen LogP contribution is -2.52. The van der Waals surface area contributed by atoms with Crippen molar-refractivity contribution < 1.29 is 13.2 Å². The molecular formula is C18H21N3O3S. The molecule has 1 amide bonds. The summed E-state index contributed by atoms with van der Waals surface area (Å²) in [4.78, 5) is 16.8. The quantitative estimate of drug-likeness (QED) is 0.868. The van der Waals surface area contributed by atoms with E-state index in [-0.39, 0.29) is 12.5 Å². The molecule has 0 spiro atoms. The zero-order valence-corrected chi connectivity index (χ0v) is 14.9. The highest BCUT2D eigenvalue weighted by molar-refractivity contribution is 7.88. The normalized spacial score (nSPS) is 17.7. The van der Waals surface area contributed by atoms with Crippen LogP contribution in [0, 0.1) is 0 Å². The van der Waals surface area contributed by atoms with E-state index in [2.05, 4.69) is 10.3 Å². The summed E-state index contributed by atoms with van der Waals surface area (Å²) in [5.74, 6) is -0.268. The van der Waals surface area contributed by atoms with Crippen molar-refractivity contribution in [1.29, 1.82) is 0 Å². The lowest BCUT2D eigenvalue weighted by atomic mass is 9.95. The Bertz CT molecular complexity index is 853. The molecular weight excluding hydrogens is 338 g/mol. The molecule has 0 aliphatic carbocycles. The minimum Gasteiger partial charge on any atom is -0.354 e. The van der Waals surface area contributed by atoms with Crippen LogP contribution in [-0.4, -0.2) is 42.5 Å². The van der Waals surface area contributed by atoms with Crippen molar-refractivity contribution in [3.63, 3.8) is 0 Å². The van der Waals surface area contributed by atoms with Gasteiger partial charge < -0.3 is 5.32 Å². The Morgan fingerprint density at radius 3 is 2.60 bits per heavy atom. The van der Waals surface area contributed by atoms with Gasteiger partial charge >= 0.3 is 0 Å². The molecule has 25 heavy (non-hydrogen) atoms. The average Bonchev–Trinajstić information content (AvgIpc) is 2.60. The number of aromatic nitrogens is 1. The van der Waals surface area contributed by atoms with Crippen LogP contribution in [0.5, 0.6) is 0 Å². The summed E-state index contributed by atoms with van der Waals surface area (Å²) in [7, 11) is -3.48. The summed E-state index contributed by atoms with van der Waals surface area (Å²) in [5.41, 5.74) is 2.86. The molecule has 0 saturated heterocycles.